The van der Waals surface area contributed by atoms with E-state index in [-0.39, 0.29) is 7.33 Å². The Balaban J connectivity index is 0.00000101. The summed E-state index contributed by atoms with van der Waals surface area (Å²) in [5, 5.41) is 2.97. The molecule has 1 atom stereocenters. The maximum Gasteiger partial charge on any atom is 0.243 e. The van der Waals surface area contributed by atoms with Gasteiger partial charge in [0.15, 0.2) is 0 Å². The van der Waals surface area contributed by atoms with Crippen molar-refractivity contribution in [1.82, 2.24) is 5.32 Å². The Morgan fingerprint density at radius 3 is 2.71 bits per heavy atom. The highest BCUT2D eigenvalue weighted by Crippen LogP contribution is 2.35. The molecule has 1 unspecified atom stereocenters. The Labute approximate surface area is 148 Å². The zero-order chi connectivity index (χ0) is 17.4. The van der Waals surface area contributed by atoms with Gasteiger partial charge in [0.25, 0.3) is 0 Å². The minimum absolute atomic E-state index is 0. The van der Waals surface area contributed by atoms with E-state index in [1.54, 1.807) is 0 Å². The van der Waals surface area contributed by atoms with Crippen LogP contribution in [0.3, 0.4) is 0 Å². The average Bonchev–Trinajstić information content (AvgIpc) is 2.67. The fourth-order valence-corrected chi connectivity index (χ4v) is 3.91. The Bertz CT molecular complexity index is 540. The third kappa shape index (κ3) is 4.62. The van der Waals surface area contributed by atoms with Crippen molar-refractivity contribution in [2.45, 2.75) is 58.4 Å². The molecule has 1 aliphatic carbocycles. The lowest BCUT2D eigenvalue weighted by Gasteiger charge is -2.42. The molecule has 24 heavy (non-hydrogen) atoms. The van der Waals surface area contributed by atoms with Crippen LogP contribution in [0.25, 0.3) is 0 Å². The number of carbonyl (C=O) groups is 1. The van der Waals surface area contributed by atoms with E-state index in [0.717, 1.165) is 19.5 Å². The van der Waals surface area contributed by atoms with Crippen molar-refractivity contribution in [3.05, 3.63) is 42.5 Å². The first-order chi connectivity index (χ1) is 11.8. The van der Waals surface area contributed by atoms with Crippen molar-refractivity contribution in [3.8, 4) is 0 Å². The molecule has 134 valence electrons. The molecule has 0 radical (unpaired) electrons. The van der Waals surface area contributed by atoms with Crippen molar-refractivity contribution in [3.63, 3.8) is 0 Å². The maximum atomic E-state index is 11.4. The van der Waals surface area contributed by atoms with Crippen LogP contribution in [0.4, 0.5) is 5.69 Å². The summed E-state index contributed by atoms with van der Waals surface area (Å²) in [6.07, 6.45) is 9.10. The summed E-state index contributed by atoms with van der Waals surface area (Å²) in [5.74, 6) is 0.420. The molecule has 1 heterocycles. The number of anilines is 1. The molecule has 0 saturated heterocycles. The summed E-state index contributed by atoms with van der Waals surface area (Å²) >= 11 is 0. The van der Waals surface area contributed by atoms with Crippen LogP contribution < -0.4 is 10.2 Å². The normalized spacial score (nSPS) is 20.4. The van der Waals surface area contributed by atoms with Gasteiger partial charge in [-0.05, 0) is 42.9 Å². The van der Waals surface area contributed by atoms with Gasteiger partial charge < -0.3 is 10.2 Å². The molecule has 1 aromatic carbocycles. The van der Waals surface area contributed by atoms with Gasteiger partial charge in [0, 0.05) is 26.2 Å². The molecule has 1 aromatic rings. The van der Waals surface area contributed by atoms with E-state index < -0.39 is 0 Å². The van der Waals surface area contributed by atoms with E-state index in [2.05, 4.69) is 41.1 Å². The molecule has 1 aliphatic heterocycles. The van der Waals surface area contributed by atoms with Crippen molar-refractivity contribution in [2.24, 2.45) is 5.92 Å². The second-order valence-corrected chi connectivity index (χ2v) is 6.59. The fraction of sp³-hybridized carbons (Fsp3) is 0.571. The molecule has 3 heteroatoms. The Morgan fingerprint density at radius 1 is 1.29 bits per heavy atom. The summed E-state index contributed by atoms with van der Waals surface area (Å²) in [6.45, 7) is 9.32. The van der Waals surface area contributed by atoms with Crippen molar-refractivity contribution in [1.29, 1.82) is 0 Å². The predicted octanol–water partition coefficient (Wildman–Crippen LogP) is 4.57. The molecule has 3 nitrogen and oxygen atoms in total. The van der Waals surface area contributed by atoms with E-state index in [1.807, 2.05) is 13.8 Å². The standard InChI is InChI=1S/C19H26N2O.C2H6.H2/c1-2-19(22)20-13-15-12-16-8-6-7-11-18(16)21(14-15)17-9-4-3-5-10-17;1-2;/h2,6-8,11,15,17H,1,3-5,9-10,12-14H2,(H,20,22);1-2H3;1H. The fourth-order valence-electron chi connectivity index (χ4n) is 3.91. The SMILES string of the molecule is C=CC(=O)NCC1Cc2ccccc2N(C2CCCCC2)C1.CC.[HH]. The topological polar surface area (TPSA) is 32.3 Å². The van der Waals surface area contributed by atoms with Crippen molar-refractivity contribution >= 4 is 11.6 Å². The minimum atomic E-state index is -0.0666. The van der Waals surface area contributed by atoms with Crippen LogP contribution >= 0.6 is 0 Å². The Kier molecular flexibility index (Phi) is 7.36. The number of hydrogen-bond donors (Lipinski definition) is 1. The van der Waals surface area contributed by atoms with Gasteiger partial charge in [-0.15, -0.1) is 0 Å². The van der Waals surface area contributed by atoms with Gasteiger partial charge in [-0.3, -0.25) is 4.79 Å². The molecule has 1 N–H and O–H groups in total. The molecule has 0 spiro atoms. The molecule has 0 bridgehead atoms. The minimum Gasteiger partial charge on any atom is -0.368 e. The lowest BCUT2D eigenvalue weighted by atomic mass is 9.87. The van der Waals surface area contributed by atoms with E-state index >= 15 is 0 Å². The Morgan fingerprint density at radius 2 is 2.00 bits per heavy atom. The number of carbonyl (C=O) groups excluding carboxylic acids is 1. The highest BCUT2D eigenvalue weighted by Gasteiger charge is 2.29. The zero-order valence-electron chi connectivity index (χ0n) is 15.3. The van der Waals surface area contributed by atoms with Crippen molar-refractivity contribution < 1.29 is 6.22 Å². The molecule has 0 aromatic heterocycles. The van der Waals surface area contributed by atoms with E-state index in [4.69, 9.17) is 0 Å². The van der Waals surface area contributed by atoms with Gasteiger partial charge in [-0.2, -0.15) is 0 Å². The molecule has 1 amide bonds. The van der Waals surface area contributed by atoms with Crippen LogP contribution in [0.5, 0.6) is 0 Å². The molecular weight excluding hydrogens is 296 g/mol. The largest absolute Gasteiger partial charge is 0.368 e. The third-order valence-electron chi connectivity index (χ3n) is 5.03. The van der Waals surface area contributed by atoms with Gasteiger partial charge in [0.2, 0.25) is 5.91 Å². The first kappa shape index (κ1) is 18.6. The summed E-state index contributed by atoms with van der Waals surface area (Å²) in [5.41, 5.74) is 2.85. The number of nitrogens with one attached hydrogen (secondary N) is 1. The van der Waals surface area contributed by atoms with E-state index in [9.17, 15) is 4.79 Å². The van der Waals surface area contributed by atoms with E-state index in [0.29, 0.717) is 12.0 Å². The summed E-state index contributed by atoms with van der Waals surface area (Å²) in [7, 11) is 0. The smallest absolute Gasteiger partial charge is 0.243 e. The number of amides is 1. The number of hydrogen-bond acceptors (Lipinski definition) is 2. The molecule has 2 aliphatic rings. The van der Waals surface area contributed by atoms with Gasteiger partial charge in [-0.1, -0.05) is 57.9 Å². The molecule has 1 fully saturated rings. The van der Waals surface area contributed by atoms with Crippen LogP contribution in [0, 0.1) is 5.92 Å². The zero-order valence-corrected chi connectivity index (χ0v) is 15.3. The second kappa shape index (κ2) is 9.51. The predicted molar refractivity (Wildman–Crippen MR) is 105 cm³/mol. The van der Waals surface area contributed by atoms with E-state index in [1.165, 1.54) is 49.4 Å². The number of benzene rings is 1. The first-order valence-corrected chi connectivity index (χ1v) is 9.52. The number of fused-ring (bicyclic) bond motifs is 1. The maximum absolute atomic E-state index is 11.4. The van der Waals surface area contributed by atoms with Gasteiger partial charge in [0.1, 0.15) is 0 Å². The van der Waals surface area contributed by atoms with Crippen LogP contribution in [0.2, 0.25) is 0 Å². The number of rotatable bonds is 4. The van der Waals surface area contributed by atoms with Crippen molar-refractivity contribution in [2.75, 3.05) is 18.0 Å². The van der Waals surface area contributed by atoms with Crippen LogP contribution in [0.15, 0.2) is 36.9 Å². The Hall–Kier alpha value is -1.77. The quantitative estimate of drug-likeness (QED) is 0.820. The molecule has 1 saturated carbocycles. The van der Waals surface area contributed by atoms with Crippen LogP contribution in [0.1, 0.15) is 52.9 Å². The molecule has 3 rings (SSSR count). The second-order valence-electron chi connectivity index (χ2n) is 6.59. The van der Waals surface area contributed by atoms with Gasteiger partial charge in [-0.25, -0.2) is 0 Å². The highest BCUT2D eigenvalue weighted by molar-refractivity contribution is 5.86. The first-order valence-electron chi connectivity index (χ1n) is 9.52. The average molecular weight is 331 g/mol. The summed E-state index contributed by atoms with van der Waals surface area (Å²) in [6, 6.07) is 9.46. The van der Waals surface area contributed by atoms with Crippen LogP contribution in [-0.4, -0.2) is 25.0 Å². The summed E-state index contributed by atoms with van der Waals surface area (Å²) in [4.78, 5) is 14.1. The monoisotopic (exact) mass is 330 g/mol. The highest BCUT2D eigenvalue weighted by atomic mass is 16.1. The molecular formula is C21H34N2O. The number of para-hydroxylation sites is 1. The lowest BCUT2D eigenvalue weighted by molar-refractivity contribution is -0.116. The number of nitrogens with zero attached hydrogens (tertiary/aromatic N) is 1. The van der Waals surface area contributed by atoms with Crippen LogP contribution in [-0.2, 0) is 11.2 Å². The van der Waals surface area contributed by atoms with Gasteiger partial charge in [0.05, 0.1) is 0 Å². The lowest BCUT2D eigenvalue weighted by Crippen LogP contribution is -2.46. The third-order valence-corrected chi connectivity index (χ3v) is 5.03. The van der Waals surface area contributed by atoms with Gasteiger partial charge >= 0.3 is 0 Å². The summed E-state index contributed by atoms with van der Waals surface area (Å²) < 4.78 is 0.